The molecule has 20 heavy (non-hydrogen) atoms. The number of hydrogen-bond donors (Lipinski definition) is 1. The van der Waals surface area contributed by atoms with Crippen LogP contribution >= 0.6 is 23.2 Å². The predicted octanol–water partition coefficient (Wildman–Crippen LogP) is 4.51. The SMILES string of the molecule is Cc1cc(C)cc(-c2nc3c(Cl)cc(Cl)cn3c2N)c1. The highest BCUT2D eigenvalue weighted by Crippen LogP contribution is 2.31. The van der Waals surface area contributed by atoms with E-state index >= 15 is 0 Å². The van der Waals surface area contributed by atoms with Crippen LogP contribution in [0.1, 0.15) is 11.1 Å². The minimum absolute atomic E-state index is 0.486. The van der Waals surface area contributed by atoms with Crippen molar-refractivity contribution in [3.8, 4) is 11.3 Å². The average molecular weight is 306 g/mol. The molecule has 0 spiro atoms. The van der Waals surface area contributed by atoms with Crippen LogP contribution in [0.5, 0.6) is 0 Å². The maximum atomic E-state index is 6.19. The molecular weight excluding hydrogens is 293 g/mol. The van der Waals surface area contributed by atoms with Gasteiger partial charge in [-0.2, -0.15) is 0 Å². The molecular formula is C15H13Cl2N3. The number of pyridine rings is 1. The lowest BCUT2D eigenvalue weighted by Crippen LogP contribution is -1.94. The molecule has 102 valence electrons. The van der Waals surface area contributed by atoms with Crippen molar-refractivity contribution in [3.05, 3.63) is 51.6 Å². The van der Waals surface area contributed by atoms with E-state index in [1.807, 2.05) is 13.8 Å². The molecule has 2 aromatic heterocycles. The minimum Gasteiger partial charge on any atom is -0.383 e. The molecule has 3 aromatic rings. The van der Waals surface area contributed by atoms with Gasteiger partial charge in [0.05, 0.1) is 10.0 Å². The van der Waals surface area contributed by atoms with E-state index in [2.05, 4.69) is 23.2 Å². The van der Waals surface area contributed by atoms with E-state index in [9.17, 15) is 0 Å². The first-order valence-corrected chi connectivity index (χ1v) is 6.92. The number of rotatable bonds is 1. The van der Waals surface area contributed by atoms with Crippen molar-refractivity contribution in [2.45, 2.75) is 13.8 Å². The summed E-state index contributed by atoms with van der Waals surface area (Å²) < 4.78 is 1.72. The molecule has 0 aliphatic carbocycles. The van der Waals surface area contributed by atoms with Crippen molar-refractivity contribution < 1.29 is 0 Å². The van der Waals surface area contributed by atoms with Gasteiger partial charge in [0.2, 0.25) is 0 Å². The Balaban J connectivity index is 2.32. The van der Waals surface area contributed by atoms with Crippen molar-refractivity contribution in [2.75, 3.05) is 5.73 Å². The number of halogens is 2. The summed E-state index contributed by atoms with van der Waals surface area (Å²) in [5.41, 5.74) is 10.8. The highest BCUT2D eigenvalue weighted by atomic mass is 35.5. The lowest BCUT2D eigenvalue weighted by atomic mass is 10.1. The van der Waals surface area contributed by atoms with Gasteiger partial charge < -0.3 is 5.73 Å². The van der Waals surface area contributed by atoms with Gasteiger partial charge in [0.25, 0.3) is 0 Å². The summed E-state index contributed by atoms with van der Waals surface area (Å²) in [7, 11) is 0. The number of hydrogen-bond acceptors (Lipinski definition) is 2. The predicted molar refractivity (Wildman–Crippen MR) is 84.5 cm³/mol. The van der Waals surface area contributed by atoms with Gasteiger partial charge in [-0.15, -0.1) is 0 Å². The monoisotopic (exact) mass is 305 g/mol. The molecule has 0 aliphatic rings. The minimum atomic E-state index is 0.486. The van der Waals surface area contributed by atoms with Gasteiger partial charge in [0, 0.05) is 11.8 Å². The quantitative estimate of drug-likeness (QED) is 0.719. The van der Waals surface area contributed by atoms with E-state index in [0.29, 0.717) is 21.5 Å². The van der Waals surface area contributed by atoms with Crippen LogP contribution < -0.4 is 5.73 Å². The molecule has 0 saturated heterocycles. The summed E-state index contributed by atoms with van der Waals surface area (Å²) in [6, 6.07) is 7.89. The zero-order valence-electron chi connectivity index (χ0n) is 11.1. The Morgan fingerprint density at radius 3 is 2.35 bits per heavy atom. The third-order valence-electron chi connectivity index (χ3n) is 3.17. The van der Waals surface area contributed by atoms with E-state index in [4.69, 9.17) is 28.9 Å². The standard InChI is InChI=1S/C15H13Cl2N3/c1-8-3-9(2)5-10(4-8)13-14(18)20-7-11(16)6-12(17)15(20)19-13/h3-7H,18H2,1-2H3. The number of imidazole rings is 1. The molecule has 0 radical (unpaired) electrons. The summed E-state index contributed by atoms with van der Waals surface area (Å²) in [6.45, 7) is 4.10. The fourth-order valence-electron chi connectivity index (χ4n) is 2.41. The zero-order chi connectivity index (χ0) is 14.4. The van der Waals surface area contributed by atoms with Crippen LogP contribution in [0.15, 0.2) is 30.5 Å². The van der Waals surface area contributed by atoms with Crippen molar-refractivity contribution in [2.24, 2.45) is 0 Å². The van der Waals surface area contributed by atoms with Crippen LogP contribution in [-0.2, 0) is 0 Å². The Hall–Kier alpha value is -1.71. The van der Waals surface area contributed by atoms with Gasteiger partial charge in [-0.05, 0) is 32.0 Å². The smallest absolute Gasteiger partial charge is 0.158 e. The molecule has 0 aliphatic heterocycles. The number of aromatic nitrogens is 2. The van der Waals surface area contributed by atoms with E-state index in [1.54, 1.807) is 16.7 Å². The van der Waals surface area contributed by atoms with Crippen LogP contribution in [0, 0.1) is 13.8 Å². The van der Waals surface area contributed by atoms with Gasteiger partial charge >= 0.3 is 0 Å². The van der Waals surface area contributed by atoms with Gasteiger partial charge in [-0.25, -0.2) is 4.98 Å². The number of nitrogens with two attached hydrogens (primary N) is 1. The molecule has 0 unspecified atom stereocenters. The normalized spacial score (nSPS) is 11.2. The van der Waals surface area contributed by atoms with E-state index in [1.165, 1.54) is 11.1 Å². The number of benzene rings is 1. The van der Waals surface area contributed by atoms with Crippen molar-refractivity contribution in [3.63, 3.8) is 0 Å². The lowest BCUT2D eigenvalue weighted by Gasteiger charge is -2.03. The fourth-order valence-corrected chi connectivity index (χ4v) is 2.93. The van der Waals surface area contributed by atoms with Gasteiger partial charge in [0.15, 0.2) is 5.65 Å². The van der Waals surface area contributed by atoms with Crippen LogP contribution in [0.4, 0.5) is 5.82 Å². The maximum absolute atomic E-state index is 6.19. The third-order valence-corrected chi connectivity index (χ3v) is 3.66. The number of anilines is 1. The lowest BCUT2D eigenvalue weighted by molar-refractivity contribution is 1.20. The van der Waals surface area contributed by atoms with Gasteiger partial charge in [0.1, 0.15) is 11.5 Å². The molecule has 5 heteroatoms. The highest BCUT2D eigenvalue weighted by Gasteiger charge is 2.14. The maximum Gasteiger partial charge on any atom is 0.158 e. The molecule has 0 atom stereocenters. The number of aryl methyl sites for hydroxylation is 2. The van der Waals surface area contributed by atoms with Crippen LogP contribution in [0.3, 0.4) is 0 Å². The Bertz CT molecular complexity index is 801. The molecule has 0 saturated carbocycles. The second kappa shape index (κ2) is 4.69. The summed E-state index contributed by atoms with van der Waals surface area (Å²) in [4.78, 5) is 4.55. The second-order valence-electron chi connectivity index (χ2n) is 4.92. The third kappa shape index (κ3) is 2.13. The molecule has 1 aromatic carbocycles. The van der Waals surface area contributed by atoms with Gasteiger partial charge in [-0.1, -0.05) is 40.4 Å². The topological polar surface area (TPSA) is 43.3 Å². The van der Waals surface area contributed by atoms with Gasteiger partial charge in [-0.3, -0.25) is 4.40 Å². The Kier molecular flexibility index (Phi) is 3.11. The summed E-state index contributed by atoms with van der Waals surface area (Å²) in [5.74, 6) is 0.536. The molecule has 3 rings (SSSR count). The number of nitrogen functional groups attached to an aromatic ring is 1. The highest BCUT2D eigenvalue weighted by molar-refractivity contribution is 6.36. The molecule has 2 heterocycles. The Morgan fingerprint density at radius 1 is 1.05 bits per heavy atom. The average Bonchev–Trinajstić information content (AvgIpc) is 2.66. The Morgan fingerprint density at radius 2 is 1.70 bits per heavy atom. The summed E-state index contributed by atoms with van der Waals surface area (Å²) >= 11 is 12.2. The fraction of sp³-hybridized carbons (Fsp3) is 0.133. The molecule has 0 fully saturated rings. The van der Waals surface area contributed by atoms with Crippen LogP contribution in [0.2, 0.25) is 10.0 Å². The first kappa shape index (κ1) is 13.3. The van der Waals surface area contributed by atoms with Crippen LogP contribution in [-0.4, -0.2) is 9.38 Å². The van der Waals surface area contributed by atoms with E-state index < -0.39 is 0 Å². The molecule has 2 N–H and O–H groups in total. The first-order valence-electron chi connectivity index (χ1n) is 6.17. The van der Waals surface area contributed by atoms with E-state index in [0.717, 1.165) is 11.3 Å². The largest absolute Gasteiger partial charge is 0.383 e. The summed E-state index contributed by atoms with van der Waals surface area (Å²) in [5, 5.41) is 1.01. The first-order chi connectivity index (χ1) is 9.45. The molecule has 3 nitrogen and oxygen atoms in total. The molecule has 0 bridgehead atoms. The van der Waals surface area contributed by atoms with Crippen LogP contribution in [0.25, 0.3) is 16.9 Å². The van der Waals surface area contributed by atoms with Crippen molar-refractivity contribution >= 4 is 34.7 Å². The molecule has 0 amide bonds. The summed E-state index contributed by atoms with van der Waals surface area (Å²) in [6.07, 6.45) is 1.72. The zero-order valence-corrected chi connectivity index (χ0v) is 12.6. The number of fused-ring (bicyclic) bond motifs is 1. The van der Waals surface area contributed by atoms with Crippen molar-refractivity contribution in [1.29, 1.82) is 0 Å². The second-order valence-corrected chi connectivity index (χ2v) is 5.77. The van der Waals surface area contributed by atoms with E-state index in [-0.39, 0.29) is 0 Å². The number of nitrogens with zero attached hydrogens (tertiary/aromatic N) is 2. The Labute approximate surface area is 127 Å². The van der Waals surface area contributed by atoms with Crippen molar-refractivity contribution in [1.82, 2.24) is 9.38 Å².